The largest absolute Gasteiger partial charge is 0.497 e. The molecule has 138 valence electrons. The summed E-state index contributed by atoms with van der Waals surface area (Å²) in [6, 6.07) is 10.2. The molecule has 7 heteroatoms. The molecule has 0 bridgehead atoms. The zero-order valence-electron chi connectivity index (χ0n) is 15.2. The van der Waals surface area contributed by atoms with Crippen molar-refractivity contribution >= 4 is 17.6 Å². The van der Waals surface area contributed by atoms with E-state index in [4.69, 9.17) is 9.15 Å². The number of nitrogens with one attached hydrogen (secondary N) is 1. The van der Waals surface area contributed by atoms with Gasteiger partial charge in [0.2, 0.25) is 5.91 Å². The first-order chi connectivity index (χ1) is 12.5. The second-order valence-electron chi connectivity index (χ2n) is 6.23. The van der Waals surface area contributed by atoms with Crippen molar-refractivity contribution in [2.24, 2.45) is 0 Å². The smallest absolute Gasteiger partial charge is 0.318 e. The number of carbonyl (C=O) groups is 2. The summed E-state index contributed by atoms with van der Waals surface area (Å²) >= 11 is 0. The van der Waals surface area contributed by atoms with Gasteiger partial charge in [0.05, 0.1) is 13.7 Å². The van der Waals surface area contributed by atoms with E-state index < -0.39 is 6.04 Å². The number of amides is 3. The molecule has 1 saturated heterocycles. The van der Waals surface area contributed by atoms with Crippen molar-refractivity contribution < 1.29 is 18.7 Å². The summed E-state index contributed by atoms with van der Waals surface area (Å²) in [6.45, 7) is 4.77. The molecule has 1 aliphatic rings. The molecule has 2 heterocycles. The van der Waals surface area contributed by atoms with Gasteiger partial charge in [0, 0.05) is 24.8 Å². The normalized spacial score (nSPS) is 17.3. The van der Waals surface area contributed by atoms with Gasteiger partial charge in [-0.15, -0.1) is 0 Å². The van der Waals surface area contributed by atoms with Gasteiger partial charge in [0.25, 0.3) is 0 Å². The van der Waals surface area contributed by atoms with Crippen LogP contribution in [0.1, 0.15) is 18.4 Å². The molecule has 0 aliphatic carbocycles. The first-order valence-electron chi connectivity index (χ1n) is 8.55. The third kappa shape index (κ3) is 3.66. The number of anilines is 1. The Bertz CT molecular complexity index is 802. The number of carbonyl (C=O) groups excluding carboxylic acids is 2. The molecule has 1 fully saturated rings. The average molecular weight is 357 g/mol. The van der Waals surface area contributed by atoms with Gasteiger partial charge in [-0.05, 0) is 38.1 Å². The summed E-state index contributed by atoms with van der Waals surface area (Å²) < 4.78 is 10.7. The van der Waals surface area contributed by atoms with E-state index >= 15 is 0 Å². The number of methoxy groups -OCH3 is 1. The van der Waals surface area contributed by atoms with Crippen LogP contribution < -0.4 is 15.0 Å². The van der Waals surface area contributed by atoms with Crippen LogP contribution >= 0.6 is 0 Å². The summed E-state index contributed by atoms with van der Waals surface area (Å²) in [5.74, 6) is 2.06. The highest BCUT2D eigenvalue weighted by Crippen LogP contribution is 2.24. The maximum Gasteiger partial charge on any atom is 0.318 e. The van der Waals surface area contributed by atoms with Crippen LogP contribution in [-0.4, -0.2) is 43.1 Å². The van der Waals surface area contributed by atoms with Crippen molar-refractivity contribution in [3.63, 3.8) is 0 Å². The van der Waals surface area contributed by atoms with Gasteiger partial charge in [0.1, 0.15) is 23.3 Å². The molecule has 1 atom stereocenters. The number of aryl methyl sites for hydroxylation is 1. The van der Waals surface area contributed by atoms with Crippen molar-refractivity contribution in [1.82, 2.24) is 10.2 Å². The molecule has 1 aromatic carbocycles. The second kappa shape index (κ2) is 7.51. The molecule has 2 aromatic rings. The predicted octanol–water partition coefficient (Wildman–Crippen LogP) is 2.54. The van der Waals surface area contributed by atoms with Crippen molar-refractivity contribution in [3.05, 3.63) is 47.9 Å². The number of hydrogen-bond donors (Lipinski definition) is 1. The van der Waals surface area contributed by atoms with Crippen LogP contribution in [0.4, 0.5) is 10.5 Å². The Morgan fingerprint density at radius 3 is 2.81 bits per heavy atom. The van der Waals surface area contributed by atoms with Crippen LogP contribution in [0.25, 0.3) is 0 Å². The fourth-order valence-corrected chi connectivity index (χ4v) is 3.03. The maximum absolute atomic E-state index is 12.8. The molecule has 26 heavy (non-hydrogen) atoms. The van der Waals surface area contributed by atoms with Crippen molar-refractivity contribution in [1.29, 1.82) is 0 Å². The number of nitrogens with zero attached hydrogens (tertiary/aromatic N) is 2. The third-order valence-electron chi connectivity index (χ3n) is 4.49. The molecule has 3 amide bonds. The Morgan fingerprint density at radius 2 is 2.12 bits per heavy atom. The zero-order valence-corrected chi connectivity index (χ0v) is 15.2. The predicted molar refractivity (Wildman–Crippen MR) is 97.2 cm³/mol. The molecule has 0 unspecified atom stereocenters. The first kappa shape index (κ1) is 17.8. The molecule has 1 N–H and O–H groups in total. The number of piperazine rings is 1. The Morgan fingerprint density at radius 1 is 1.31 bits per heavy atom. The summed E-state index contributed by atoms with van der Waals surface area (Å²) in [5.41, 5.74) is 0.771. The molecular weight excluding hydrogens is 334 g/mol. The SMILES string of the molecule is COc1cccc(N2CCN(C(=O)NCc3ccc(C)o3)[C@H](C)C2=O)c1. The van der Waals surface area contributed by atoms with E-state index in [9.17, 15) is 9.59 Å². The van der Waals surface area contributed by atoms with Crippen molar-refractivity contribution in [2.75, 3.05) is 25.1 Å². The minimum Gasteiger partial charge on any atom is -0.497 e. The number of urea groups is 1. The lowest BCUT2D eigenvalue weighted by atomic mass is 10.1. The van der Waals surface area contributed by atoms with Crippen LogP contribution in [0, 0.1) is 6.92 Å². The van der Waals surface area contributed by atoms with Gasteiger partial charge in [-0.3, -0.25) is 4.79 Å². The molecule has 0 saturated carbocycles. The summed E-state index contributed by atoms with van der Waals surface area (Å²) in [6.07, 6.45) is 0. The number of furan rings is 1. The van der Waals surface area contributed by atoms with E-state index in [1.807, 2.05) is 43.3 Å². The summed E-state index contributed by atoms with van der Waals surface area (Å²) in [7, 11) is 1.59. The van der Waals surface area contributed by atoms with Gasteiger partial charge in [0.15, 0.2) is 0 Å². The Balaban J connectivity index is 1.64. The van der Waals surface area contributed by atoms with Crippen molar-refractivity contribution in [3.8, 4) is 5.75 Å². The quantitative estimate of drug-likeness (QED) is 0.912. The summed E-state index contributed by atoms with van der Waals surface area (Å²) in [4.78, 5) is 28.5. The second-order valence-corrected chi connectivity index (χ2v) is 6.23. The lowest BCUT2D eigenvalue weighted by molar-refractivity contribution is -0.124. The van der Waals surface area contributed by atoms with Crippen LogP contribution in [0.3, 0.4) is 0 Å². The minimum atomic E-state index is -0.548. The average Bonchev–Trinajstić information content (AvgIpc) is 3.07. The van der Waals surface area contributed by atoms with Crippen LogP contribution in [0.5, 0.6) is 5.75 Å². The topological polar surface area (TPSA) is 75.0 Å². The van der Waals surface area contributed by atoms with E-state index in [1.54, 1.807) is 23.8 Å². The number of hydrogen-bond acceptors (Lipinski definition) is 4. The molecule has 7 nitrogen and oxygen atoms in total. The van der Waals surface area contributed by atoms with Gasteiger partial charge >= 0.3 is 6.03 Å². The minimum absolute atomic E-state index is 0.117. The van der Waals surface area contributed by atoms with E-state index in [1.165, 1.54) is 0 Å². The number of rotatable bonds is 4. The third-order valence-corrected chi connectivity index (χ3v) is 4.49. The van der Waals surface area contributed by atoms with Crippen LogP contribution in [0.15, 0.2) is 40.8 Å². The monoisotopic (exact) mass is 357 g/mol. The highest BCUT2D eigenvalue weighted by Gasteiger charge is 2.35. The zero-order chi connectivity index (χ0) is 18.7. The molecule has 1 aromatic heterocycles. The fourth-order valence-electron chi connectivity index (χ4n) is 3.03. The molecule has 3 rings (SSSR count). The lowest BCUT2D eigenvalue weighted by Crippen LogP contribution is -2.59. The van der Waals surface area contributed by atoms with Gasteiger partial charge in [-0.25, -0.2) is 4.79 Å². The fraction of sp³-hybridized carbons (Fsp3) is 0.368. The highest BCUT2D eigenvalue weighted by atomic mass is 16.5. The van der Waals surface area contributed by atoms with Gasteiger partial charge < -0.3 is 24.3 Å². The summed E-state index contributed by atoms with van der Waals surface area (Å²) in [5, 5.41) is 2.81. The number of benzene rings is 1. The molecule has 1 aliphatic heterocycles. The van der Waals surface area contributed by atoms with E-state index in [0.717, 1.165) is 11.4 Å². The van der Waals surface area contributed by atoms with Crippen molar-refractivity contribution in [2.45, 2.75) is 26.4 Å². The Kier molecular flexibility index (Phi) is 5.16. The maximum atomic E-state index is 12.8. The standard InChI is InChI=1S/C19H23N3O4/c1-13-7-8-17(26-13)12-20-19(24)21-9-10-22(18(23)14(21)2)15-5-4-6-16(11-15)25-3/h4-8,11,14H,9-10,12H2,1-3H3,(H,20,24)/t14-/m1/s1. The number of ether oxygens (including phenoxy) is 1. The molecule has 0 spiro atoms. The van der Waals surface area contributed by atoms with Gasteiger partial charge in [-0.1, -0.05) is 6.07 Å². The van der Waals surface area contributed by atoms with E-state index in [0.29, 0.717) is 31.1 Å². The highest BCUT2D eigenvalue weighted by molar-refractivity contribution is 6.00. The lowest BCUT2D eigenvalue weighted by Gasteiger charge is -2.39. The van der Waals surface area contributed by atoms with Crippen LogP contribution in [0.2, 0.25) is 0 Å². The molecule has 0 radical (unpaired) electrons. The molecular formula is C19H23N3O4. The van der Waals surface area contributed by atoms with Crippen LogP contribution in [-0.2, 0) is 11.3 Å². The van der Waals surface area contributed by atoms with E-state index in [-0.39, 0.29) is 11.9 Å². The van der Waals surface area contributed by atoms with Gasteiger partial charge in [-0.2, -0.15) is 0 Å². The Hall–Kier alpha value is -2.96. The first-order valence-corrected chi connectivity index (χ1v) is 8.55. The van der Waals surface area contributed by atoms with E-state index in [2.05, 4.69) is 5.32 Å². The Labute approximate surface area is 152 Å².